The Bertz CT molecular complexity index is 360. The number of aliphatic hydroxyl groups excluding tert-OH is 1. The summed E-state index contributed by atoms with van der Waals surface area (Å²) in [5.74, 6) is 0.810. The molecule has 1 aliphatic carbocycles. The summed E-state index contributed by atoms with van der Waals surface area (Å²) >= 11 is 0. The molecule has 94 valence electrons. The van der Waals surface area contributed by atoms with Crippen LogP contribution in [0.3, 0.4) is 0 Å². The van der Waals surface area contributed by atoms with E-state index >= 15 is 0 Å². The van der Waals surface area contributed by atoms with Gasteiger partial charge in [-0.1, -0.05) is 29.8 Å². The molecule has 0 radical (unpaired) electrons. The van der Waals surface area contributed by atoms with Gasteiger partial charge in [-0.15, -0.1) is 0 Å². The lowest BCUT2D eigenvalue weighted by atomic mass is 10.00. The summed E-state index contributed by atoms with van der Waals surface area (Å²) in [6.07, 6.45) is 3.75. The lowest BCUT2D eigenvalue weighted by Crippen LogP contribution is -2.41. The van der Waals surface area contributed by atoms with Crippen molar-refractivity contribution >= 4 is 0 Å². The van der Waals surface area contributed by atoms with Gasteiger partial charge in [0.2, 0.25) is 0 Å². The molecule has 1 saturated carbocycles. The van der Waals surface area contributed by atoms with E-state index in [9.17, 15) is 0 Å². The molecule has 2 rings (SSSR count). The zero-order valence-corrected chi connectivity index (χ0v) is 10.8. The standard InChI is InChI=1S/C15H23NO/c1-11-4-3-5-13(8-11)9-15(14-6-7-14)16-12(2)10-17/h3-5,8,12,14-17H,6-7,9-10H2,1-2H3/t12-,15?/m1/s1. The summed E-state index contributed by atoms with van der Waals surface area (Å²) in [6.45, 7) is 4.40. The number of hydrogen-bond donors (Lipinski definition) is 2. The number of aliphatic hydroxyl groups is 1. The Morgan fingerprint density at radius 2 is 2.18 bits per heavy atom. The Kier molecular flexibility index (Phi) is 4.19. The number of aryl methyl sites for hydroxylation is 1. The maximum absolute atomic E-state index is 9.13. The SMILES string of the molecule is Cc1cccc(CC(N[C@H](C)CO)C2CC2)c1. The van der Waals surface area contributed by atoms with Gasteiger partial charge in [0.1, 0.15) is 0 Å². The Morgan fingerprint density at radius 3 is 2.76 bits per heavy atom. The fourth-order valence-corrected chi connectivity index (χ4v) is 2.37. The molecule has 1 aliphatic rings. The molecular weight excluding hydrogens is 210 g/mol. The molecular formula is C15H23NO. The second-order valence-electron chi connectivity index (χ2n) is 5.39. The molecule has 0 aromatic heterocycles. The minimum atomic E-state index is 0.199. The fourth-order valence-electron chi connectivity index (χ4n) is 2.37. The van der Waals surface area contributed by atoms with Crippen molar-refractivity contribution in [2.75, 3.05) is 6.61 Å². The average molecular weight is 233 g/mol. The first-order chi connectivity index (χ1) is 8.19. The van der Waals surface area contributed by atoms with Gasteiger partial charge in [-0.2, -0.15) is 0 Å². The van der Waals surface area contributed by atoms with Gasteiger partial charge in [0, 0.05) is 12.1 Å². The summed E-state index contributed by atoms with van der Waals surface area (Å²) in [7, 11) is 0. The highest BCUT2D eigenvalue weighted by Gasteiger charge is 2.31. The minimum Gasteiger partial charge on any atom is -0.395 e. The molecule has 1 unspecified atom stereocenters. The van der Waals surface area contributed by atoms with Gasteiger partial charge in [0.15, 0.2) is 0 Å². The molecule has 0 amide bonds. The van der Waals surface area contributed by atoms with Crippen LogP contribution in [0, 0.1) is 12.8 Å². The van der Waals surface area contributed by atoms with Crippen LogP contribution in [-0.2, 0) is 6.42 Å². The third-order valence-corrected chi connectivity index (χ3v) is 3.50. The largest absolute Gasteiger partial charge is 0.395 e. The van der Waals surface area contributed by atoms with E-state index in [4.69, 9.17) is 5.11 Å². The predicted octanol–water partition coefficient (Wildman–Crippen LogP) is 2.29. The van der Waals surface area contributed by atoms with E-state index in [0.717, 1.165) is 12.3 Å². The van der Waals surface area contributed by atoms with Crippen LogP contribution in [0.2, 0.25) is 0 Å². The van der Waals surface area contributed by atoms with Crippen LogP contribution in [0.15, 0.2) is 24.3 Å². The molecule has 2 N–H and O–H groups in total. The molecule has 1 aromatic rings. The van der Waals surface area contributed by atoms with Gasteiger partial charge < -0.3 is 10.4 Å². The molecule has 0 aliphatic heterocycles. The molecule has 2 heteroatoms. The zero-order valence-electron chi connectivity index (χ0n) is 10.8. The molecule has 1 fully saturated rings. The maximum atomic E-state index is 9.13. The summed E-state index contributed by atoms with van der Waals surface area (Å²) < 4.78 is 0. The second-order valence-corrected chi connectivity index (χ2v) is 5.39. The van der Waals surface area contributed by atoms with Crippen LogP contribution in [0.25, 0.3) is 0 Å². The summed E-state index contributed by atoms with van der Waals surface area (Å²) in [4.78, 5) is 0. The van der Waals surface area contributed by atoms with Crippen LogP contribution in [0.4, 0.5) is 0 Å². The summed E-state index contributed by atoms with van der Waals surface area (Å²) in [5, 5.41) is 12.7. The molecule has 17 heavy (non-hydrogen) atoms. The highest BCUT2D eigenvalue weighted by molar-refractivity contribution is 5.23. The molecule has 0 saturated heterocycles. The van der Waals surface area contributed by atoms with E-state index in [1.54, 1.807) is 0 Å². The van der Waals surface area contributed by atoms with Crippen molar-refractivity contribution in [3.63, 3.8) is 0 Å². The highest BCUT2D eigenvalue weighted by Crippen LogP contribution is 2.34. The zero-order chi connectivity index (χ0) is 12.3. The smallest absolute Gasteiger partial charge is 0.0582 e. The quantitative estimate of drug-likeness (QED) is 0.790. The lowest BCUT2D eigenvalue weighted by Gasteiger charge is -2.22. The van der Waals surface area contributed by atoms with Crippen molar-refractivity contribution in [1.82, 2.24) is 5.32 Å². The first-order valence-electron chi connectivity index (χ1n) is 6.61. The molecule has 2 nitrogen and oxygen atoms in total. The second kappa shape index (κ2) is 5.65. The van der Waals surface area contributed by atoms with Gasteiger partial charge in [-0.25, -0.2) is 0 Å². The molecule has 0 spiro atoms. The predicted molar refractivity (Wildman–Crippen MR) is 71.1 cm³/mol. The molecule has 1 aromatic carbocycles. The number of nitrogens with one attached hydrogen (secondary N) is 1. The third kappa shape index (κ3) is 3.83. The van der Waals surface area contributed by atoms with Crippen LogP contribution < -0.4 is 5.32 Å². The molecule has 0 bridgehead atoms. The van der Waals surface area contributed by atoms with Gasteiger partial charge in [0.25, 0.3) is 0 Å². The molecule has 0 heterocycles. The Labute approximate surface area is 104 Å². The minimum absolute atomic E-state index is 0.199. The normalized spacial score (nSPS) is 19.0. The monoisotopic (exact) mass is 233 g/mol. The Balaban J connectivity index is 1.97. The number of rotatable bonds is 6. The van der Waals surface area contributed by atoms with Crippen molar-refractivity contribution in [1.29, 1.82) is 0 Å². The van der Waals surface area contributed by atoms with E-state index in [0.29, 0.717) is 6.04 Å². The van der Waals surface area contributed by atoms with Crippen LogP contribution >= 0.6 is 0 Å². The maximum Gasteiger partial charge on any atom is 0.0582 e. The van der Waals surface area contributed by atoms with E-state index in [1.807, 2.05) is 6.92 Å². The van der Waals surface area contributed by atoms with Crippen molar-refractivity contribution in [3.8, 4) is 0 Å². The summed E-state index contributed by atoms with van der Waals surface area (Å²) in [6, 6.07) is 9.46. The molecule has 2 atom stereocenters. The van der Waals surface area contributed by atoms with Crippen molar-refractivity contribution in [2.24, 2.45) is 5.92 Å². The Hall–Kier alpha value is -0.860. The van der Waals surface area contributed by atoms with E-state index in [1.165, 1.54) is 24.0 Å². The topological polar surface area (TPSA) is 32.3 Å². The van der Waals surface area contributed by atoms with E-state index in [2.05, 4.69) is 36.5 Å². The number of benzene rings is 1. The van der Waals surface area contributed by atoms with Crippen molar-refractivity contribution < 1.29 is 5.11 Å². The van der Waals surface area contributed by atoms with Crippen LogP contribution in [0.5, 0.6) is 0 Å². The first kappa shape index (κ1) is 12.6. The summed E-state index contributed by atoms with van der Waals surface area (Å²) in [5.41, 5.74) is 2.73. The van der Waals surface area contributed by atoms with Crippen molar-refractivity contribution in [3.05, 3.63) is 35.4 Å². The van der Waals surface area contributed by atoms with Gasteiger partial charge in [0.05, 0.1) is 6.61 Å². The average Bonchev–Trinajstić information content (AvgIpc) is 3.12. The van der Waals surface area contributed by atoms with E-state index < -0.39 is 0 Å². The highest BCUT2D eigenvalue weighted by atomic mass is 16.3. The van der Waals surface area contributed by atoms with Gasteiger partial charge in [-0.3, -0.25) is 0 Å². The van der Waals surface area contributed by atoms with E-state index in [-0.39, 0.29) is 12.6 Å². The first-order valence-corrected chi connectivity index (χ1v) is 6.61. The van der Waals surface area contributed by atoms with Crippen molar-refractivity contribution in [2.45, 2.75) is 45.2 Å². The Morgan fingerprint density at radius 1 is 1.41 bits per heavy atom. The number of hydrogen-bond acceptors (Lipinski definition) is 2. The third-order valence-electron chi connectivity index (χ3n) is 3.50. The lowest BCUT2D eigenvalue weighted by molar-refractivity contribution is 0.235. The van der Waals surface area contributed by atoms with Gasteiger partial charge in [-0.05, 0) is 44.6 Å². The van der Waals surface area contributed by atoms with Crippen LogP contribution in [-0.4, -0.2) is 23.8 Å². The van der Waals surface area contributed by atoms with Crippen LogP contribution in [0.1, 0.15) is 30.9 Å². The fraction of sp³-hybridized carbons (Fsp3) is 0.600. The van der Waals surface area contributed by atoms with Gasteiger partial charge >= 0.3 is 0 Å².